The van der Waals surface area contributed by atoms with Crippen LogP contribution in [0.5, 0.6) is 0 Å². The minimum absolute atomic E-state index is 0.0690. The molecule has 0 saturated carbocycles. The summed E-state index contributed by atoms with van der Waals surface area (Å²) >= 11 is 0. The fourth-order valence-electron chi connectivity index (χ4n) is 2.40. The molecular weight excluding hydrogens is 285 g/mol. The van der Waals surface area contributed by atoms with Gasteiger partial charge in [0.1, 0.15) is 6.54 Å². The summed E-state index contributed by atoms with van der Waals surface area (Å²) in [6, 6.07) is 6.14. The Hall–Kier alpha value is -2.05. The summed E-state index contributed by atoms with van der Waals surface area (Å²) in [6.07, 6.45) is -4.51. The van der Waals surface area contributed by atoms with Crippen LogP contribution >= 0.6 is 0 Å². The van der Waals surface area contributed by atoms with Crippen molar-refractivity contribution in [2.24, 2.45) is 5.92 Å². The van der Waals surface area contributed by atoms with Gasteiger partial charge in [0.05, 0.1) is 17.3 Å². The van der Waals surface area contributed by atoms with Crippen molar-refractivity contribution in [2.45, 2.75) is 20.0 Å². The van der Waals surface area contributed by atoms with Gasteiger partial charge in [-0.1, -0.05) is 19.1 Å². The Labute approximate surface area is 120 Å². The van der Waals surface area contributed by atoms with Crippen LogP contribution in [0.4, 0.5) is 24.5 Å². The molecular formula is C14H15F3N2O2. The molecule has 1 aromatic rings. The van der Waals surface area contributed by atoms with Gasteiger partial charge < -0.3 is 9.80 Å². The third-order valence-electron chi connectivity index (χ3n) is 3.32. The fourth-order valence-corrected chi connectivity index (χ4v) is 2.40. The summed E-state index contributed by atoms with van der Waals surface area (Å²) in [5.41, 5.74) is 0.436. The molecule has 1 heterocycles. The van der Waals surface area contributed by atoms with Gasteiger partial charge in [0, 0.05) is 13.5 Å². The minimum Gasteiger partial charge on any atom is -0.310 e. The van der Waals surface area contributed by atoms with Crippen molar-refractivity contribution < 1.29 is 22.8 Å². The summed E-state index contributed by atoms with van der Waals surface area (Å²) in [7, 11) is 0. The van der Waals surface area contributed by atoms with Crippen molar-refractivity contribution in [3.63, 3.8) is 0 Å². The van der Waals surface area contributed by atoms with Gasteiger partial charge in [0.2, 0.25) is 11.8 Å². The van der Waals surface area contributed by atoms with Crippen LogP contribution in [0.3, 0.4) is 0 Å². The van der Waals surface area contributed by atoms with Crippen molar-refractivity contribution in [2.75, 3.05) is 22.9 Å². The van der Waals surface area contributed by atoms with Crippen LogP contribution in [-0.2, 0) is 9.59 Å². The SMILES string of the molecule is CC(=O)N1C[C@H](C)C(=O)N(CC(F)(F)F)c2ccccc21. The number of fused-ring (bicyclic) bond motifs is 1. The van der Waals surface area contributed by atoms with E-state index in [1.807, 2.05) is 0 Å². The average molecular weight is 300 g/mol. The molecule has 7 heteroatoms. The number of rotatable bonds is 1. The van der Waals surface area contributed by atoms with E-state index in [-0.39, 0.29) is 18.1 Å². The third-order valence-corrected chi connectivity index (χ3v) is 3.32. The Kier molecular flexibility index (Phi) is 3.93. The molecule has 0 aliphatic carbocycles. The van der Waals surface area contributed by atoms with Gasteiger partial charge in [-0.05, 0) is 12.1 Å². The maximum absolute atomic E-state index is 12.7. The zero-order chi connectivity index (χ0) is 15.8. The number of carbonyl (C=O) groups excluding carboxylic acids is 2. The van der Waals surface area contributed by atoms with Crippen molar-refractivity contribution in [1.82, 2.24) is 0 Å². The number of halogens is 3. The lowest BCUT2D eigenvalue weighted by molar-refractivity contribution is -0.134. The highest BCUT2D eigenvalue weighted by Gasteiger charge is 2.39. The van der Waals surface area contributed by atoms with Crippen LogP contribution in [0, 0.1) is 5.92 Å². The standard InChI is InChI=1S/C14H15F3N2O2/c1-9-7-18(10(2)20)11-5-3-4-6-12(11)19(13(9)21)8-14(15,16)17/h3-6,9H,7-8H2,1-2H3/t9-/m0/s1. The van der Waals surface area contributed by atoms with Gasteiger partial charge in [-0.15, -0.1) is 0 Å². The Morgan fingerprint density at radius 1 is 1.29 bits per heavy atom. The molecule has 0 N–H and O–H groups in total. The molecule has 21 heavy (non-hydrogen) atoms. The summed E-state index contributed by atoms with van der Waals surface area (Å²) in [5.74, 6) is -1.65. The summed E-state index contributed by atoms with van der Waals surface area (Å²) in [4.78, 5) is 26.0. The Bertz CT molecular complexity index is 572. The zero-order valence-electron chi connectivity index (χ0n) is 11.6. The van der Waals surface area contributed by atoms with Crippen molar-refractivity contribution >= 4 is 23.2 Å². The van der Waals surface area contributed by atoms with Crippen molar-refractivity contribution in [1.29, 1.82) is 0 Å². The molecule has 1 atom stereocenters. The van der Waals surface area contributed by atoms with Gasteiger partial charge >= 0.3 is 6.18 Å². The van der Waals surface area contributed by atoms with Crippen LogP contribution < -0.4 is 9.80 Å². The van der Waals surface area contributed by atoms with Crippen LogP contribution in [0.15, 0.2) is 24.3 Å². The van der Waals surface area contributed by atoms with E-state index in [4.69, 9.17) is 0 Å². The van der Waals surface area contributed by atoms with Crippen molar-refractivity contribution in [3.05, 3.63) is 24.3 Å². The highest BCUT2D eigenvalue weighted by atomic mass is 19.4. The van der Waals surface area contributed by atoms with Gasteiger partial charge in [0.15, 0.2) is 0 Å². The largest absolute Gasteiger partial charge is 0.406 e. The molecule has 4 nitrogen and oxygen atoms in total. The Morgan fingerprint density at radius 2 is 1.86 bits per heavy atom. The van der Waals surface area contributed by atoms with E-state index in [0.717, 1.165) is 0 Å². The molecule has 1 aromatic carbocycles. The van der Waals surface area contributed by atoms with Crippen LogP contribution in [0.1, 0.15) is 13.8 Å². The third kappa shape index (κ3) is 3.17. The second-order valence-electron chi connectivity index (χ2n) is 5.06. The molecule has 0 radical (unpaired) electrons. The molecule has 1 aliphatic rings. The first-order valence-corrected chi connectivity index (χ1v) is 6.46. The van der Waals surface area contributed by atoms with E-state index in [9.17, 15) is 22.8 Å². The highest BCUT2D eigenvalue weighted by Crippen LogP contribution is 2.35. The zero-order valence-corrected chi connectivity index (χ0v) is 11.6. The monoisotopic (exact) mass is 300 g/mol. The van der Waals surface area contributed by atoms with Crippen LogP contribution in [-0.4, -0.2) is 31.1 Å². The molecule has 2 rings (SSSR count). The molecule has 0 saturated heterocycles. The quantitative estimate of drug-likeness (QED) is 0.800. The van der Waals surface area contributed by atoms with Gasteiger partial charge in [-0.2, -0.15) is 13.2 Å². The molecule has 0 unspecified atom stereocenters. The molecule has 0 aromatic heterocycles. The predicted octanol–water partition coefficient (Wildman–Crippen LogP) is 2.58. The number of alkyl halides is 3. The van der Waals surface area contributed by atoms with E-state index in [1.165, 1.54) is 24.8 Å². The first kappa shape index (κ1) is 15.3. The minimum atomic E-state index is -4.51. The molecule has 0 bridgehead atoms. The van der Waals surface area contributed by atoms with Gasteiger partial charge in [0.25, 0.3) is 0 Å². The first-order chi connectivity index (χ1) is 9.70. The number of para-hydroxylation sites is 2. The van der Waals surface area contributed by atoms with Crippen LogP contribution in [0.25, 0.3) is 0 Å². The number of nitrogens with zero attached hydrogens (tertiary/aromatic N) is 2. The van der Waals surface area contributed by atoms with E-state index in [0.29, 0.717) is 10.6 Å². The maximum atomic E-state index is 12.7. The molecule has 0 spiro atoms. The normalized spacial score (nSPS) is 19.3. The molecule has 2 amide bonds. The molecule has 1 aliphatic heterocycles. The first-order valence-electron chi connectivity index (χ1n) is 6.46. The topological polar surface area (TPSA) is 40.6 Å². The lowest BCUT2D eigenvalue weighted by atomic mass is 10.1. The van der Waals surface area contributed by atoms with Gasteiger partial charge in [-0.3, -0.25) is 9.59 Å². The Morgan fingerprint density at radius 3 is 2.38 bits per heavy atom. The van der Waals surface area contributed by atoms with E-state index < -0.39 is 24.5 Å². The van der Waals surface area contributed by atoms with E-state index in [2.05, 4.69) is 0 Å². The number of hydrogen-bond donors (Lipinski definition) is 0. The summed E-state index contributed by atoms with van der Waals surface area (Å²) in [5, 5.41) is 0. The number of anilines is 2. The number of hydrogen-bond acceptors (Lipinski definition) is 2. The Balaban J connectivity index is 2.55. The summed E-state index contributed by atoms with van der Waals surface area (Å²) in [6.45, 7) is 1.55. The van der Waals surface area contributed by atoms with Gasteiger partial charge in [-0.25, -0.2) is 0 Å². The van der Waals surface area contributed by atoms with E-state index >= 15 is 0 Å². The van der Waals surface area contributed by atoms with Crippen LogP contribution in [0.2, 0.25) is 0 Å². The smallest absolute Gasteiger partial charge is 0.310 e. The number of benzene rings is 1. The maximum Gasteiger partial charge on any atom is 0.406 e. The lowest BCUT2D eigenvalue weighted by Gasteiger charge is -2.25. The fraction of sp³-hybridized carbons (Fsp3) is 0.429. The second kappa shape index (κ2) is 5.38. The predicted molar refractivity (Wildman–Crippen MR) is 72.0 cm³/mol. The molecule has 114 valence electrons. The average Bonchev–Trinajstić information content (AvgIpc) is 2.48. The van der Waals surface area contributed by atoms with Crippen molar-refractivity contribution in [3.8, 4) is 0 Å². The second-order valence-corrected chi connectivity index (χ2v) is 5.06. The molecule has 0 fully saturated rings. The number of carbonyl (C=O) groups is 2. The highest BCUT2D eigenvalue weighted by molar-refractivity contribution is 6.05. The lowest BCUT2D eigenvalue weighted by Crippen LogP contribution is -2.42. The summed E-state index contributed by atoms with van der Waals surface area (Å²) < 4.78 is 38.2. The number of amides is 2. The van der Waals surface area contributed by atoms with E-state index in [1.54, 1.807) is 18.2 Å².